The first-order valence-corrected chi connectivity index (χ1v) is 19.2. The van der Waals surface area contributed by atoms with Crippen LogP contribution in [0.4, 0.5) is 0 Å². The lowest BCUT2D eigenvalue weighted by Gasteiger charge is -2.18. The molecule has 0 saturated heterocycles. The van der Waals surface area contributed by atoms with Gasteiger partial charge in [-0.15, -0.1) is 30.4 Å². The zero-order valence-corrected chi connectivity index (χ0v) is 38.2. The normalized spacial score (nSPS) is 11.6. The van der Waals surface area contributed by atoms with Crippen molar-refractivity contribution < 1.29 is 28.4 Å². The van der Waals surface area contributed by atoms with E-state index in [2.05, 4.69) is 88.0 Å². The van der Waals surface area contributed by atoms with Crippen molar-refractivity contribution in [1.82, 2.24) is 0 Å². The van der Waals surface area contributed by atoms with Gasteiger partial charge in [-0.05, 0) is 144 Å². The van der Waals surface area contributed by atoms with Gasteiger partial charge in [0, 0.05) is 32.1 Å². The van der Waals surface area contributed by atoms with E-state index in [0.29, 0.717) is 32.1 Å². The number of rotatable bonds is 12. The molecule has 0 saturated carbocycles. The maximum Gasteiger partial charge on any atom is 0.108 e. The second-order valence-electron chi connectivity index (χ2n) is 17.3. The highest BCUT2D eigenvalue weighted by Crippen LogP contribution is 2.09. The summed E-state index contributed by atoms with van der Waals surface area (Å²) in [4.78, 5) is 0. The summed E-state index contributed by atoms with van der Waals surface area (Å²) in [7, 11) is 0. The zero-order valence-electron chi connectivity index (χ0n) is 37.5. The summed E-state index contributed by atoms with van der Waals surface area (Å²) >= 11 is 5.38. The van der Waals surface area contributed by atoms with E-state index < -0.39 is 0 Å². The molecule has 0 unspecified atom stereocenters. The summed E-state index contributed by atoms with van der Waals surface area (Å²) < 4.78 is 31.9. The van der Waals surface area contributed by atoms with Crippen LogP contribution in [0.1, 0.15) is 178 Å². The molecule has 0 spiro atoms. The minimum absolute atomic E-state index is 0.0328. The minimum Gasteiger partial charge on any atom is -0.376 e. The number of unbranched alkanes of at least 4 members (excludes halogenated alkanes) is 2. The van der Waals surface area contributed by atoms with Crippen molar-refractivity contribution >= 4 is 11.6 Å². The molecule has 0 amide bonds. The fourth-order valence-corrected chi connectivity index (χ4v) is 2.57. The Morgan fingerprint density at radius 2 is 0.720 bits per heavy atom. The van der Waals surface area contributed by atoms with Crippen LogP contribution in [0.2, 0.25) is 0 Å². The number of hydrogen-bond acceptors (Lipinski definition) is 6. The molecule has 0 aliphatic rings. The van der Waals surface area contributed by atoms with Crippen LogP contribution in [0.15, 0.2) is 0 Å². The van der Waals surface area contributed by atoms with Gasteiger partial charge in [-0.25, -0.2) is 0 Å². The van der Waals surface area contributed by atoms with Crippen LogP contribution in [0.5, 0.6) is 0 Å². The van der Waals surface area contributed by atoms with Crippen LogP contribution in [0.3, 0.4) is 0 Å². The Labute approximate surface area is 320 Å². The molecular weight excluding hydrogens is 648 g/mol. The van der Waals surface area contributed by atoms with Crippen molar-refractivity contribution in [3.8, 4) is 24.7 Å². The van der Waals surface area contributed by atoms with E-state index in [1.54, 1.807) is 0 Å². The van der Waals surface area contributed by atoms with Crippen LogP contribution < -0.4 is 0 Å². The third-order valence-electron chi connectivity index (χ3n) is 4.63. The van der Waals surface area contributed by atoms with Crippen molar-refractivity contribution in [1.29, 1.82) is 0 Å². The largest absolute Gasteiger partial charge is 0.376 e. The van der Waals surface area contributed by atoms with Crippen molar-refractivity contribution in [2.24, 2.45) is 0 Å². The molecule has 304 valence electrons. The molecule has 0 aromatic carbocycles. The van der Waals surface area contributed by atoms with Gasteiger partial charge in [0.25, 0.3) is 0 Å². The average Bonchev–Trinajstić information content (AvgIpc) is 2.90. The molecule has 6 nitrogen and oxygen atoms in total. The van der Waals surface area contributed by atoms with Crippen molar-refractivity contribution in [3.05, 3.63) is 0 Å². The predicted molar refractivity (Wildman–Crippen MR) is 223 cm³/mol. The van der Waals surface area contributed by atoms with Crippen LogP contribution in [-0.2, 0) is 28.4 Å². The highest BCUT2D eigenvalue weighted by molar-refractivity contribution is 6.17. The number of halogens is 1. The predicted octanol–water partition coefficient (Wildman–Crippen LogP) is 12.3. The van der Waals surface area contributed by atoms with Gasteiger partial charge in [0.2, 0.25) is 0 Å². The smallest absolute Gasteiger partial charge is 0.108 e. The van der Waals surface area contributed by atoms with Gasteiger partial charge in [-0.1, -0.05) is 32.6 Å². The Balaban J connectivity index is -0.000000116. The van der Waals surface area contributed by atoms with Crippen LogP contribution >= 0.6 is 11.6 Å². The molecule has 0 aliphatic carbocycles. The Bertz CT molecular complexity index is 735. The summed E-state index contributed by atoms with van der Waals surface area (Å²) in [5.74, 6) is 5.50. The lowest BCUT2D eigenvalue weighted by atomic mass is 10.2. The Kier molecular flexibility index (Phi) is 43.1. The summed E-state index contributed by atoms with van der Waals surface area (Å²) in [6, 6.07) is 0. The number of terminal acetylenes is 2. The lowest BCUT2D eigenvalue weighted by molar-refractivity contribution is -0.00452. The summed E-state index contributed by atoms with van der Waals surface area (Å²) in [6.07, 6.45) is 15.5. The molecule has 50 heavy (non-hydrogen) atoms. The second-order valence-corrected chi connectivity index (χ2v) is 17.7. The van der Waals surface area contributed by atoms with E-state index >= 15 is 0 Å². The van der Waals surface area contributed by atoms with Gasteiger partial charge in [0.05, 0.1) is 46.8 Å². The summed E-state index contributed by atoms with van der Waals surface area (Å²) in [5, 5.41) is 0. The first-order valence-electron chi connectivity index (χ1n) is 18.6. The van der Waals surface area contributed by atoms with Gasteiger partial charge in [0.15, 0.2) is 0 Å². The Morgan fingerprint density at radius 3 is 0.880 bits per heavy atom. The molecule has 0 radical (unpaired) electrons. The monoisotopic (exact) mass is 737 g/mol. The van der Waals surface area contributed by atoms with E-state index in [0.717, 1.165) is 19.8 Å². The molecule has 7 heteroatoms. The van der Waals surface area contributed by atoms with Gasteiger partial charge in [0.1, 0.15) is 6.61 Å². The third kappa shape index (κ3) is 103. The molecule has 0 heterocycles. The number of alkyl halides is 1. The lowest BCUT2D eigenvalue weighted by Crippen LogP contribution is -2.20. The maximum atomic E-state index is 5.47. The fraction of sp³-hybridized carbons (Fsp3) is 0.907. The SMILES string of the molecule is C#CCCOC(C)(C)C.C#CCOC(C)(C)C.CC(C)(C)OCCCl.CCCCOC(C)(C)C.CCCCOC(C)(C)C.CCOC(C)(C)C. The van der Waals surface area contributed by atoms with Crippen molar-refractivity contribution in [2.45, 2.75) is 211 Å². The molecule has 0 N–H and O–H groups in total. The van der Waals surface area contributed by atoms with E-state index in [1.807, 2.05) is 69.2 Å². The molecule has 0 aromatic heterocycles. The van der Waals surface area contributed by atoms with Crippen molar-refractivity contribution in [2.75, 3.05) is 45.5 Å². The van der Waals surface area contributed by atoms with E-state index in [1.165, 1.54) is 25.7 Å². The van der Waals surface area contributed by atoms with Gasteiger partial charge in [-0.2, -0.15) is 0 Å². The zero-order chi connectivity index (χ0) is 41.1. The summed E-state index contributed by atoms with van der Waals surface area (Å²) in [6.45, 7) is 47.4. The maximum absolute atomic E-state index is 5.47. The Morgan fingerprint density at radius 1 is 0.420 bits per heavy atom. The van der Waals surface area contributed by atoms with Crippen LogP contribution in [0.25, 0.3) is 0 Å². The van der Waals surface area contributed by atoms with Crippen LogP contribution in [-0.4, -0.2) is 79.1 Å². The fourth-order valence-electron chi connectivity index (χ4n) is 2.50. The highest BCUT2D eigenvalue weighted by atomic mass is 35.5. The molecular formula is C43H89ClO6. The van der Waals surface area contributed by atoms with E-state index in [-0.39, 0.29) is 33.6 Å². The first-order chi connectivity index (χ1) is 22.4. The first kappa shape index (κ1) is 61.2. The average molecular weight is 738 g/mol. The third-order valence-corrected chi connectivity index (χ3v) is 4.78. The molecule has 0 atom stereocenters. The van der Waals surface area contributed by atoms with E-state index in [9.17, 15) is 0 Å². The molecule has 0 rings (SSSR count). The van der Waals surface area contributed by atoms with Crippen LogP contribution in [0, 0.1) is 24.7 Å². The molecule has 0 aromatic rings. The number of hydrogen-bond donors (Lipinski definition) is 0. The highest BCUT2D eigenvalue weighted by Gasteiger charge is 2.10. The molecule has 0 aliphatic heterocycles. The minimum atomic E-state index is -0.0909. The topological polar surface area (TPSA) is 55.4 Å². The quantitative estimate of drug-likeness (QED) is 0.113. The van der Waals surface area contributed by atoms with Gasteiger partial charge in [-0.3, -0.25) is 0 Å². The number of ether oxygens (including phenoxy) is 6. The summed E-state index contributed by atoms with van der Waals surface area (Å²) in [5.41, 5.74) is -0.0167. The van der Waals surface area contributed by atoms with Crippen molar-refractivity contribution in [3.63, 3.8) is 0 Å². The second kappa shape index (κ2) is 35.2. The molecule has 0 bridgehead atoms. The van der Waals surface area contributed by atoms with Gasteiger partial charge < -0.3 is 28.4 Å². The molecule has 0 fully saturated rings. The van der Waals surface area contributed by atoms with E-state index in [4.69, 9.17) is 52.9 Å². The van der Waals surface area contributed by atoms with Gasteiger partial charge >= 0.3 is 0 Å². The Hall–Kier alpha value is -0.830. The standard InChI is InChI=1S/2C8H18O.C8H14O.C7H12O.C6H13ClO.C6H14O/c3*1-5-6-7-9-8(2,3)4;1-5-6-8-7(2,3)4;1-6(2,3)8-5-4-7;1-5-7-6(2,3)4/h2*5-7H2,1-4H3;1H,6-7H2,2-4H3;1H,6H2,2-4H3;4-5H2,1-3H3;5H2,1-4H3.